The van der Waals surface area contributed by atoms with Crippen molar-refractivity contribution in [3.63, 3.8) is 0 Å². The number of aryl methyl sites for hydroxylation is 1. The van der Waals surface area contributed by atoms with Gasteiger partial charge in [-0.15, -0.1) is 0 Å². The van der Waals surface area contributed by atoms with E-state index in [1.807, 2.05) is 24.3 Å². The van der Waals surface area contributed by atoms with Crippen molar-refractivity contribution in [3.05, 3.63) is 68.0 Å². The fourth-order valence-electron chi connectivity index (χ4n) is 2.54. The van der Waals surface area contributed by atoms with E-state index in [1.54, 1.807) is 0 Å². The average Bonchev–Trinajstić information content (AvgIpc) is 2.79. The molecule has 1 heterocycles. The van der Waals surface area contributed by atoms with Crippen LogP contribution >= 0.6 is 15.9 Å². The number of halogens is 1. The minimum Gasteiger partial charge on any atom is -0.324 e. The van der Waals surface area contributed by atoms with Gasteiger partial charge in [-0.25, -0.2) is 4.79 Å². The Bertz CT molecular complexity index is 850. The van der Waals surface area contributed by atoms with Crippen molar-refractivity contribution in [2.24, 2.45) is 5.73 Å². The molecule has 0 spiro atoms. The molecule has 108 valence electrons. The topological polar surface area (TPSA) is 74.7 Å². The van der Waals surface area contributed by atoms with Crippen LogP contribution in [-0.4, -0.2) is 9.97 Å². The summed E-state index contributed by atoms with van der Waals surface area (Å²) >= 11 is 3.54. The Kier molecular flexibility index (Phi) is 3.69. The second-order valence-electron chi connectivity index (χ2n) is 5.24. The second kappa shape index (κ2) is 5.50. The summed E-state index contributed by atoms with van der Waals surface area (Å²) in [6.45, 7) is 2.09. The van der Waals surface area contributed by atoms with Gasteiger partial charge in [0.05, 0.1) is 11.0 Å². The molecule has 0 aliphatic carbocycles. The zero-order valence-electron chi connectivity index (χ0n) is 11.6. The van der Waals surface area contributed by atoms with Crippen LogP contribution in [0.15, 0.2) is 45.7 Å². The van der Waals surface area contributed by atoms with Crippen LogP contribution in [0.2, 0.25) is 0 Å². The van der Waals surface area contributed by atoms with Crippen molar-refractivity contribution in [1.29, 1.82) is 0 Å². The fourth-order valence-corrected chi connectivity index (χ4v) is 3.18. The van der Waals surface area contributed by atoms with E-state index < -0.39 is 0 Å². The van der Waals surface area contributed by atoms with E-state index in [9.17, 15) is 4.79 Å². The van der Waals surface area contributed by atoms with Crippen LogP contribution in [0.4, 0.5) is 0 Å². The number of rotatable bonds is 3. The number of nitrogens with one attached hydrogen (secondary N) is 2. The third-order valence-electron chi connectivity index (χ3n) is 3.73. The third-order valence-corrected chi connectivity index (χ3v) is 4.42. The zero-order valence-corrected chi connectivity index (χ0v) is 13.2. The third kappa shape index (κ3) is 2.80. The first-order chi connectivity index (χ1) is 10.0. The monoisotopic (exact) mass is 345 g/mol. The molecule has 5 heteroatoms. The Morgan fingerprint density at radius 3 is 2.57 bits per heavy atom. The summed E-state index contributed by atoms with van der Waals surface area (Å²) in [5, 5.41) is 0. The molecular weight excluding hydrogens is 330 g/mol. The standard InChI is InChI=1S/C16H16BrN3O/c1-9-4-2-3-5-10(9)6-13(18)11-7-14-15(8-12(11)17)20-16(21)19-14/h2-5,7-8,13H,6,18H2,1H3,(H2,19,20,21). The Morgan fingerprint density at radius 1 is 1.19 bits per heavy atom. The molecule has 0 fully saturated rings. The first-order valence-corrected chi connectivity index (χ1v) is 7.55. The summed E-state index contributed by atoms with van der Waals surface area (Å²) in [6, 6.07) is 11.9. The molecular formula is C16H16BrN3O. The fraction of sp³-hybridized carbons (Fsp3) is 0.188. The van der Waals surface area contributed by atoms with E-state index in [2.05, 4.69) is 45.0 Å². The molecule has 0 aliphatic rings. The van der Waals surface area contributed by atoms with Crippen LogP contribution in [0.25, 0.3) is 11.0 Å². The molecule has 1 unspecified atom stereocenters. The van der Waals surface area contributed by atoms with Gasteiger partial charge in [-0.2, -0.15) is 0 Å². The minimum absolute atomic E-state index is 0.136. The number of aromatic nitrogens is 2. The predicted octanol–water partition coefficient (Wildman–Crippen LogP) is 3.17. The van der Waals surface area contributed by atoms with E-state index in [-0.39, 0.29) is 11.7 Å². The van der Waals surface area contributed by atoms with Crippen LogP contribution in [0.1, 0.15) is 22.7 Å². The number of imidazole rings is 1. The zero-order chi connectivity index (χ0) is 15.0. The number of benzene rings is 2. The number of fused-ring (bicyclic) bond motifs is 1. The van der Waals surface area contributed by atoms with Gasteiger partial charge in [-0.3, -0.25) is 0 Å². The molecule has 1 aromatic heterocycles. The van der Waals surface area contributed by atoms with Crippen LogP contribution < -0.4 is 11.4 Å². The van der Waals surface area contributed by atoms with Crippen LogP contribution in [0.3, 0.4) is 0 Å². The lowest BCUT2D eigenvalue weighted by atomic mass is 9.96. The average molecular weight is 346 g/mol. The van der Waals surface area contributed by atoms with Crippen molar-refractivity contribution in [1.82, 2.24) is 9.97 Å². The Hall–Kier alpha value is -1.85. The molecule has 4 N–H and O–H groups in total. The lowest BCUT2D eigenvalue weighted by molar-refractivity contribution is 0.716. The molecule has 3 rings (SSSR count). The molecule has 3 aromatic rings. The van der Waals surface area contributed by atoms with E-state index in [0.717, 1.165) is 27.5 Å². The van der Waals surface area contributed by atoms with Gasteiger partial charge in [-0.05, 0) is 42.2 Å². The quantitative estimate of drug-likeness (QED) is 0.681. The van der Waals surface area contributed by atoms with Gasteiger partial charge < -0.3 is 15.7 Å². The maximum Gasteiger partial charge on any atom is 0.323 e. The van der Waals surface area contributed by atoms with E-state index in [0.29, 0.717) is 0 Å². The normalized spacial score (nSPS) is 12.7. The SMILES string of the molecule is Cc1ccccc1CC(N)c1cc2[nH]c(=O)[nH]c2cc1Br. The lowest BCUT2D eigenvalue weighted by Crippen LogP contribution is -2.14. The molecule has 0 saturated carbocycles. The van der Waals surface area contributed by atoms with E-state index in [1.165, 1.54) is 11.1 Å². The summed E-state index contributed by atoms with van der Waals surface area (Å²) in [5.41, 5.74) is 11.2. The highest BCUT2D eigenvalue weighted by Gasteiger charge is 2.14. The van der Waals surface area contributed by atoms with Crippen molar-refractivity contribution in [2.45, 2.75) is 19.4 Å². The Balaban J connectivity index is 1.97. The second-order valence-corrected chi connectivity index (χ2v) is 6.09. The highest BCUT2D eigenvalue weighted by Crippen LogP contribution is 2.28. The molecule has 0 radical (unpaired) electrons. The Labute approximate surface area is 130 Å². The molecule has 21 heavy (non-hydrogen) atoms. The summed E-state index contributed by atoms with van der Waals surface area (Å²) in [4.78, 5) is 16.9. The first-order valence-electron chi connectivity index (χ1n) is 6.76. The molecule has 4 nitrogen and oxygen atoms in total. The molecule has 0 saturated heterocycles. The van der Waals surface area contributed by atoms with Crippen molar-refractivity contribution < 1.29 is 0 Å². The van der Waals surface area contributed by atoms with Gasteiger partial charge in [0, 0.05) is 10.5 Å². The van der Waals surface area contributed by atoms with Crippen molar-refractivity contribution >= 4 is 27.0 Å². The van der Waals surface area contributed by atoms with Gasteiger partial charge in [0.15, 0.2) is 0 Å². The number of hydrogen-bond donors (Lipinski definition) is 3. The van der Waals surface area contributed by atoms with Crippen molar-refractivity contribution in [3.8, 4) is 0 Å². The smallest absolute Gasteiger partial charge is 0.323 e. The summed E-state index contributed by atoms with van der Waals surface area (Å²) < 4.78 is 0.909. The van der Waals surface area contributed by atoms with Crippen LogP contribution in [-0.2, 0) is 6.42 Å². The molecule has 0 amide bonds. The first kappa shape index (κ1) is 14.1. The predicted molar refractivity (Wildman–Crippen MR) is 88.4 cm³/mol. The van der Waals surface area contributed by atoms with Crippen LogP contribution in [0, 0.1) is 6.92 Å². The van der Waals surface area contributed by atoms with Crippen LogP contribution in [0.5, 0.6) is 0 Å². The largest absolute Gasteiger partial charge is 0.324 e. The van der Waals surface area contributed by atoms with Crippen molar-refractivity contribution in [2.75, 3.05) is 0 Å². The summed E-state index contributed by atoms with van der Waals surface area (Å²) in [6.07, 6.45) is 0.755. The van der Waals surface area contributed by atoms with E-state index in [4.69, 9.17) is 5.73 Å². The number of hydrogen-bond acceptors (Lipinski definition) is 2. The Morgan fingerprint density at radius 2 is 1.86 bits per heavy atom. The summed E-state index contributed by atoms with van der Waals surface area (Å²) in [7, 11) is 0. The van der Waals surface area contributed by atoms with Gasteiger partial charge >= 0.3 is 5.69 Å². The van der Waals surface area contributed by atoms with Gasteiger partial charge in [-0.1, -0.05) is 40.2 Å². The summed E-state index contributed by atoms with van der Waals surface area (Å²) in [5.74, 6) is 0. The minimum atomic E-state index is -0.207. The maximum atomic E-state index is 11.4. The highest BCUT2D eigenvalue weighted by atomic mass is 79.9. The number of aromatic amines is 2. The molecule has 1 atom stereocenters. The maximum absolute atomic E-state index is 11.4. The molecule has 2 aromatic carbocycles. The molecule has 0 aliphatic heterocycles. The van der Waals surface area contributed by atoms with Gasteiger partial charge in [0.1, 0.15) is 0 Å². The number of nitrogens with two attached hydrogens (primary N) is 1. The number of H-pyrrole nitrogens is 2. The van der Waals surface area contributed by atoms with E-state index >= 15 is 0 Å². The highest BCUT2D eigenvalue weighted by molar-refractivity contribution is 9.10. The van der Waals surface area contributed by atoms with Gasteiger partial charge in [0.2, 0.25) is 0 Å². The lowest BCUT2D eigenvalue weighted by Gasteiger charge is -2.15. The van der Waals surface area contributed by atoms with Gasteiger partial charge in [0.25, 0.3) is 0 Å². The molecule has 0 bridgehead atoms.